The minimum atomic E-state index is -0.374. The standard InChI is InChI=1S/C16H18N2O3/c1-17-12-4-2-3-5-14(12)21-11-8-13(16(17)20)18(9-11)15(19)10-6-7-10/h2-5,10-11,13H,6-9H2,1H3. The molecule has 4 rings (SSSR count). The van der Waals surface area contributed by atoms with Gasteiger partial charge in [-0.25, -0.2) is 0 Å². The largest absolute Gasteiger partial charge is 0.486 e. The van der Waals surface area contributed by atoms with E-state index in [4.69, 9.17) is 4.74 Å². The van der Waals surface area contributed by atoms with Gasteiger partial charge in [0.25, 0.3) is 0 Å². The van der Waals surface area contributed by atoms with Crippen LogP contribution < -0.4 is 9.64 Å². The Bertz CT molecular complexity index is 611. The third kappa shape index (κ3) is 1.99. The van der Waals surface area contributed by atoms with Crippen LogP contribution in [0.25, 0.3) is 0 Å². The maximum atomic E-state index is 12.8. The van der Waals surface area contributed by atoms with E-state index in [1.807, 2.05) is 24.3 Å². The Kier molecular flexibility index (Phi) is 2.71. The third-order valence-corrected chi connectivity index (χ3v) is 4.61. The number of hydrogen-bond donors (Lipinski definition) is 0. The van der Waals surface area contributed by atoms with Crippen molar-refractivity contribution in [2.24, 2.45) is 5.92 Å². The van der Waals surface area contributed by atoms with Crippen LogP contribution in [0, 0.1) is 5.92 Å². The number of carbonyl (C=O) groups excluding carboxylic acids is 2. The summed E-state index contributed by atoms with van der Waals surface area (Å²) >= 11 is 0. The second-order valence-electron chi connectivity index (χ2n) is 6.12. The Balaban J connectivity index is 1.70. The third-order valence-electron chi connectivity index (χ3n) is 4.61. The van der Waals surface area contributed by atoms with Gasteiger partial charge in [-0.05, 0) is 25.0 Å². The van der Waals surface area contributed by atoms with Crippen LogP contribution in [0.3, 0.4) is 0 Å². The molecule has 0 aromatic heterocycles. The lowest BCUT2D eigenvalue weighted by Crippen LogP contribution is -2.47. The summed E-state index contributed by atoms with van der Waals surface area (Å²) in [6, 6.07) is 7.18. The van der Waals surface area contributed by atoms with Crippen molar-refractivity contribution in [3.63, 3.8) is 0 Å². The van der Waals surface area contributed by atoms with Gasteiger partial charge in [-0.3, -0.25) is 9.59 Å². The molecule has 5 heteroatoms. The van der Waals surface area contributed by atoms with Crippen LogP contribution in [0.15, 0.2) is 24.3 Å². The highest BCUT2D eigenvalue weighted by Crippen LogP contribution is 2.38. The number of hydrogen-bond acceptors (Lipinski definition) is 3. The van der Waals surface area contributed by atoms with Crippen molar-refractivity contribution in [3.05, 3.63) is 24.3 Å². The lowest BCUT2D eigenvalue weighted by molar-refractivity contribution is -0.138. The number of benzene rings is 1. The molecule has 2 heterocycles. The van der Waals surface area contributed by atoms with Crippen LogP contribution in [0.5, 0.6) is 5.75 Å². The molecule has 1 aromatic rings. The highest BCUT2D eigenvalue weighted by Gasteiger charge is 2.47. The molecule has 0 spiro atoms. The average molecular weight is 286 g/mol. The number of para-hydroxylation sites is 2. The van der Waals surface area contributed by atoms with Gasteiger partial charge in [-0.15, -0.1) is 0 Å². The fourth-order valence-electron chi connectivity index (χ4n) is 3.28. The number of likely N-dealkylation sites (N-methyl/N-ethyl adjacent to an activating group) is 1. The van der Waals surface area contributed by atoms with E-state index >= 15 is 0 Å². The Hall–Kier alpha value is -2.04. The molecule has 1 saturated heterocycles. The maximum absolute atomic E-state index is 12.8. The molecule has 2 amide bonds. The summed E-state index contributed by atoms with van der Waals surface area (Å²) in [4.78, 5) is 28.5. The minimum Gasteiger partial charge on any atom is -0.486 e. The highest BCUT2D eigenvalue weighted by atomic mass is 16.5. The summed E-state index contributed by atoms with van der Waals surface area (Å²) in [6.45, 7) is 0.522. The minimum absolute atomic E-state index is 0.0118. The monoisotopic (exact) mass is 286 g/mol. The predicted molar refractivity (Wildman–Crippen MR) is 77.1 cm³/mol. The van der Waals surface area contributed by atoms with Crippen LogP contribution in [-0.2, 0) is 9.59 Å². The number of nitrogens with zero attached hydrogens (tertiary/aromatic N) is 2. The van der Waals surface area contributed by atoms with Crippen molar-refractivity contribution in [1.82, 2.24) is 4.90 Å². The molecule has 1 aromatic carbocycles. The number of amides is 2. The smallest absolute Gasteiger partial charge is 0.249 e. The summed E-state index contributed by atoms with van der Waals surface area (Å²) in [6.07, 6.45) is 2.42. The van der Waals surface area contributed by atoms with Crippen molar-refractivity contribution in [3.8, 4) is 5.75 Å². The van der Waals surface area contributed by atoms with Crippen LogP contribution in [0.1, 0.15) is 19.3 Å². The molecule has 2 fully saturated rings. The van der Waals surface area contributed by atoms with Gasteiger partial charge in [0.2, 0.25) is 11.8 Å². The van der Waals surface area contributed by atoms with Crippen LogP contribution >= 0.6 is 0 Å². The van der Waals surface area contributed by atoms with Crippen molar-refractivity contribution in [2.45, 2.75) is 31.4 Å². The van der Waals surface area contributed by atoms with Crippen molar-refractivity contribution >= 4 is 17.5 Å². The first-order valence-electron chi connectivity index (χ1n) is 7.49. The molecule has 1 aliphatic carbocycles. The molecule has 21 heavy (non-hydrogen) atoms. The molecule has 2 unspecified atom stereocenters. The molecular formula is C16H18N2O3. The summed E-state index contributed by atoms with van der Waals surface area (Å²) < 4.78 is 6.04. The van der Waals surface area contributed by atoms with E-state index in [0.29, 0.717) is 13.0 Å². The molecule has 2 bridgehead atoms. The molecule has 0 radical (unpaired) electrons. The number of fused-ring (bicyclic) bond motifs is 3. The van der Waals surface area contributed by atoms with E-state index in [1.54, 1.807) is 16.8 Å². The summed E-state index contributed by atoms with van der Waals surface area (Å²) in [5, 5.41) is 0. The molecule has 3 aliphatic rings. The van der Waals surface area contributed by atoms with Crippen molar-refractivity contribution < 1.29 is 14.3 Å². The fourth-order valence-corrected chi connectivity index (χ4v) is 3.28. The topological polar surface area (TPSA) is 49.9 Å². The Morgan fingerprint density at radius 3 is 2.81 bits per heavy atom. The average Bonchev–Trinajstić information content (AvgIpc) is 3.25. The van der Waals surface area contributed by atoms with E-state index in [9.17, 15) is 9.59 Å². The van der Waals surface area contributed by atoms with Crippen molar-refractivity contribution in [1.29, 1.82) is 0 Å². The van der Waals surface area contributed by atoms with E-state index in [2.05, 4.69) is 0 Å². The first kappa shape index (κ1) is 12.7. The Morgan fingerprint density at radius 1 is 1.29 bits per heavy atom. The number of ether oxygens (including phenoxy) is 1. The SMILES string of the molecule is CN1C(=O)C2CC(CN2C(=O)C2CC2)Oc2ccccc21. The second-order valence-corrected chi connectivity index (χ2v) is 6.12. The van der Waals surface area contributed by atoms with Gasteiger partial charge in [-0.2, -0.15) is 0 Å². The predicted octanol–water partition coefficient (Wildman–Crippen LogP) is 1.42. The summed E-state index contributed by atoms with van der Waals surface area (Å²) in [5.41, 5.74) is 0.776. The Labute approximate surface area is 123 Å². The molecule has 0 N–H and O–H groups in total. The molecule has 2 aliphatic heterocycles. The number of likely N-dealkylation sites (tertiary alicyclic amines) is 1. The zero-order valence-electron chi connectivity index (χ0n) is 12.0. The fraction of sp³-hybridized carbons (Fsp3) is 0.500. The summed E-state index contributed by atoms with van der Waals surface area (Å²) in [7, 11) is 1.75. The van der Waals surface area contributed by atoms with E-state index in [0.717, 1.165) is 24.3 Å². The number of rotatable bonds is 1. The first-order valence-corrected chi connectivity index (χ1v) is 7.49. The summed E-state index contributed by atoms with van der Waals surface area (Å²) in [5.74, 6) is 0.964. The van der Waals surface area contributed by atoms with Crippen LogP contribution in [0.4, 0.5) is 5.69 Å². The van der Waals surface area contributed by atoms with Crippen LogP contribution in [-0.4, -0.2) is 42.5 Å². The van der Waals surface area contributed by atoms with Gasteiger partial charge in [0.15, 0.2) is 0 Å². The first-order chi connectivity index (χ1) is 10.1. The quantitative estimate of drug-likeness (QED) is 0.784. The Morgan fingerprint density at radius 2 is 2.05 bits per heavy atom. The molecule has 5 nitrogen and oxygen atoms in total. The number of anilines is 1. The van der Waals surface area contributed by atoms with Crippen LogP contribution in [0.2, 0.25) is 0 Å². The van der Waals surface area contributed by atoms with E-state index in [-0.39, 0.29) is 29.9 Å². The molecular weight excluding hydrogens is 268 g/mol. The van der Waals surface area contributed by atoms with Gasteiger partial charge < -0.3 is 14.5 Å². The highest BCUT2D eigenvalue weighted by molar-refractivity contribution is 6.01. The van der Waals surface area contributed by atoms with E-state index in [1.165, 1.54) is 0 Å². The van der Waals surface area contributed by atoms with Crippen molar-refractivity contribution in [2.75, 3.05) is 18.5 Å². The van der Waals surface area contributed by atoms with Gasteiger partial charge in [0, 0.05) is 19.4 Å². The molecule has 2 atom stereocenters. The van der Waals surface area contributed by atoms with Gasteiger partial charge in [-0.1, -0.05) is 12.1 Å². The lowest BCUT2D eigenvalue weighted by Gasteiger charge is -2.29. The molecule has 110 valence electrons. The van der Waals surface area contributed by atoms with Gasteiger partial charge in [0.1, 0.15) is 17.9 Å². The zero-order valence-corrected chi connectivity index (χ0v) is 12.0. The maximum Gasteiger partial charge on any atom is 0.249 e. The lowest BCUT2D eigenvalue weighted by atomic mass is 10.1. The van der Waals surface area contributed by atoms with Gasteiger partial charge >= 0.3 is 0 Å². The second kappa shape index (κ2) is 4.48. The molecule has 1 saturated carbocycles. The number of carbonyl (C=O) groups is 2. The van der Waals surface area contributed by atoms with Gasteiger partial charge in [0.05, 0.1) is 12.2 Å². The van der Waals surface area contributed by atoms with E-state index < -0.39 is 0 Å². The normalized spacial score (nSPS) is 27.8. The zero-order chi connectivity index (χ0) is 14.6.